The number of aromatic hydroxyl groups is 1. The molecule has 1 unspecified atom stereocenters. The molecule has 1 aliphatic rings. The number of amides is 1. The van der Waals surface area contributed by atoms with Crippen LogP contribution in [0.15, 0.2) is 18.2 Å². The number of rotatable bonds is 3. The highest BCUT2D eigenvalue weighted by molar-refractivity contribution is 7.99. The predicted molar refractivity (Wildman–Crippen MR) is 70.6 cm³/mol. The van der Waals surface area contributed by atoms with E-state index in [1.165, 1.54) is 12.2 Å². The third-order valence-electron chi connectivity index (χ3n) is 3.06. The van der Waals surface area contributed by atoms with Crippen molar-refractivity contribution < 1.29 is 9.90 Å². The largest absolute Gasteiger partial charge is 0.507 e. The van der Waals surface area contributed by atoms with Crippen molar-refractivity contribution in [2.24, 2.45) is 5.92 Å². The second-order valence-corrected chi connectivity index (χ2v) is 5.56. The fourth-order valence-corrected chi connectivity index (χ4v) is 3.20. The van der Waals surface area contributed by atoms with Gasteiger partial charge in [0.15, 0.2) is 0 Å². The molecule has 17 heavy (non-hydrogen) atoms. The molecule has 0 saturated carbocycles. The number of hydrogen-bond acceptors (Lipinski definition) is 3. The van der Waals surface area contributed by atoms with Gasteiger partial charge >= 0.3 is 0 Å². The van der Waals surface area contributed by atoms with Gasteiger partial charge in [-0.3, -0.25) is 4.79 Å². The third-order valence-corrected chi connectivity index (χ3v) is 4.29. The molecule has 0 spiro atoms. The molecular formula is C13H17NO2S. The van der Waals surface area contributed by atoms with E-state index in [2.05, 4.69) is 5.32 Å². The van der Waals surface area contributed by atoms with Crippen molar-refractivity contribution in [1.82, 2.24) is 5.32 Å². The van der Waals surface area contributed by atoms with E-state index in [1.807, 2.05) is 11.8 Å². The zero-order chi connectivity index (χ0) is 12.3. The van der Waals surface area contributed by atoms with E-state index in [-0.39, 0.29) is 11.7 Å². The van der Waals surface area contributed by atoms with Crippen molar-refractivity contribution in [3.05, 3.63) is 29.3 Å². The monoisotopic (exact) mass is 251 g/mol. The van der Waals surface area contributed by atoms with Crippen molar-refractivity contribution >= 4 is 17.7 Å². The van der Waals surface area contributed by atoms with Gasteiger partial charge in [0.25, 0.3) is 5.91 Å². The highest BCUT2D eigenvalue weighted by Crippen LogP contribution is 2.24. The Bertz CT molecular complexity index is 414. The van der Waals surface area contributed by atoms with Crippen LogP contribution in [0, 0.1) is 12.8 Å². The number of para-hydroxylation sites is 1. The molecule has 0 bridgehead atoms. The Kier molecular flexibility index (Phi) is 3.94. The van der Waals surface area contributed by atoms with Crippen molar-refractivity contribution in [3.8, 4) is 5.75 Å². The van der Waals surface area contributed by atoms with Crippen LogP contribution in [0.4, 0.5) is 0 Å². The normalized spacial score (nSPS) is 19.2. The zero-order valence-electron chi connectivity index (χ0n) is 9.90. The number of phenolic OH excluding ortho intramolecular Hbond substituents is 1. The highest BCUT2D eigenvalue weighted by atomic mass is 32.2. The summed E-state index contributed by atoms with van der Waals surface area (Å²) in [5.41, 5.74) is 1.10. The maximum absolute atomic E-state index is 11.9. The Morgan fingerprint density at radius 3 is 3.12 bits per heavy atom. The topological polar surface area (TPSA) is 49.3 Å². The van der Waals surface area contributed by atoms with Crippen LogP contribution in [0.3, 0.4) is 0 Å². The fourth-order valence-electron chi connectivity index (χ4n) is 1.92. The van der Waals surface area contributed by atoms with Crippen LogP contribution in [-0.4, -0.2) is 29.1 Å². The lowest BCUT2D eigenvalue weighted by Gasteiger charge is -2.11. The van der Waals surface area contributed by atoms with Crippen LogP contribution in [0.5, 0.6) is 5.75 Å². The maximum Gasteiger partial charge on any atom is 0.255 e. The molecule has 1 aliphatic heterocycles. The summed E-state index contributed by atoms with van der Waals surface area (Å²) >= 11 is 1.93. The molecule has 3 nitrogen and oxygen atoms in total. The van der Waals surface area contributed by atoms with Gasteiger partial charge in [-0.05, 0) is 42.4 Å². The van der Waals surface area contributed by atoms with Gasteiger partial charge in [-0.1, -0.05) is 12.1 Å². The highest BCUT2D eigenvalue weighted by Gasteiger charge is 2.18. The second kappa shape index (κ2) is 5.45. The summed E-state index contributed by atoms with van der Waals surface area (Å²) in [6.07, 6.45) is 1.17. The number of hydrogen-bond donors (Lipinski definition) is 2. The standard InChI is InChI=1S/C13H17NO2S/c1-9-3-2-4-11(12(9)15)13(16)14-7-10-5-6-17-8-10/h2-4,10,15H,5-8H2,1H3,(H,14,16). The molecule has 0 aromatic heterocycles. The summed E-state index contributed by atoms with van der Waals surface area (Å²) in [5, 5.41) is 12.7. The molecule has 1 atom stereocenters. The van der Waals surface area contributed by atoms with E-state index < -0.39 is 0 Å². The lowest BCUT2D eigenvalue weighted by molar-refractivity contribution is 0.0945. The van der Waals surface area contributed by atoms with E-state index >= 15 is 0 Å². The molecule has 2 N–H and O–H groups in total. The lowest BCUT2D eigenvalue weighted by Crippen LogP contribution is -2.29. The number of benzene rings is 1. The van der Waals surface area contributed by atoms with E-state index in [9.17, 15) is 9.90 Å². The summed E-state index contributed by atoms with van der Waals surface area (Å²) in [6, 6.07) is 5.23. The number of aryl methyl sites for hydroxylation is 1. The first-order valence-corrected chi connectivity index (χ1v) is 6.98. The molecule has 1 aromatic carbocycles. The molecule has 1 saturated heterocycles. The van der Waals surface area contributed by atoms with Crippen LogP contribution in [0.25, 0.3) is 0 Å². The Morgan fingerprint density at radius 2 is 2.41 bits per heavy atom. The van der Waals surface area contributed by atoms with Gasteiger partial charge in [0.05, 0.1) is 5.56 Å². The molecule has 92 valence electrons. The Morgan fingerprint density at radius 1 is 1.59 bits per heavy atom. The van der Waals surface area contributed by atoms with Gasteiger partial charge in [0.2, 0.25) is 0 Å². The summed E-state index contributed by atoms with van der Waals surface area (Å²) in [7, 11) is 0. The van der Waals surface area contributed by atoms with Crippen molar-refractivity contribution in [3.63, 3.8) is 0 Å². The number of carbonyl (C=O) groups excluding carboxylic acids is 1. The Labute approximate surface area is 106 Å². The summed E-state index contributed by atoms with van der Waals surface area (Å²) in [4.78, 5) is 11.9. The van der Waals surface area contributed by atoms with Gasteiger partial charge in [0, 0.05) is 6.54 Å². The van der Waals surface area contributed by atoms with Gasteiger partial charge in [-0.2, -0.15) is 11.8 Å². The molecule has 0 radical (unpaired) electrons. The first-order chi connectivity index (χ1) is 8.18. The SMILES string of the molecule is Cc1cccc(C(=O)NCC2CCSC2)c1O. The van der Waals surface area contributed by atoms with Crippen LogP contribution in [-0.2, 0) is 0 Å². The Hall–Kier alpha value is -1.16. The molecule has 1 heterocycles. The zero-order valence-corrected chi connectivity index (χ0v) is 10.7. The van der Waals surface area contributed by atoms with Crippen molar-refractivity contribution in [1.29, 1.82) is 0 Å². The van der Waals surface area contributed by atoms with Gasteiger partial charge < -0.3 is 10.4 Å². The number of thioether (sulfide) groups is 1. The molecule has 1 amide bonds. The van der Waals surface area contributed by atoms with Gasteiger partial charge in [-0.25, -0.2) is 0 Å². The quantitative estimate of drug-likeness (QED) is 0.865. The van der Waals surface area contributed by atoms with E-state index in [0.717, 1.165) is 11.3 Å². The predicted octanol–water partition coefficient (Wildman–Crippen LogP) is 2.18. The van der Waals surface area contributed by atoms with Crippen molar-refractivity contribution in [2.45, 2.75) is 13.3 Å². The second-order valence-electron chi connectivity index (χ2n) is 4.41. The molecule has 2 rings (SSSR count). The Balaban J connectivity index is 1.97. The first kappa shape index (κ1) is 12.3. The minimum atomic E-state index is -0.178. The average Bonchev–Trinajstić information content (AvgIpc) is 2.82. The van der Waals surface area contributed by atoms with Crippen LogP contribution in [0.1, 0.15) is 22.3 Å². The minimum Gasteiger partial charge on any atom is -0.507 e. The smallest absolute Gasteiger partial charge is 0.255 e. The van der Waals surface area contributed by atoms with Crippen molar-refractivity contribution in [2.75, 3.05) is 18.1 Å². The van der Waals surface area contributed by atoms with E-state index in [1.54, 1.807) is 25.1 Å². The van der Waals surface area contributed by atoms with Crippen LogP contribution in [0.2, 0.25) is 0 Å². The third kappa shape index (κ3) is 2.94. The summed E-state index contributed by atoms with van der Waals surface area (Å²) < 4.78 is 0. The molecular weight excluding hydrogens is 234 g/mol. The fraction of sp³-hybridized carbons (Fsp3) is 0.462. The van der Waals surface area contributed by atoms with Crippen LogP contribution < -0.4 is 5.32 Å². The average molecular weight is 251 g/mol. The molecule has 1 fully saturated rings. The van der Waals surface area contributed by atoms with Gasteiger partial charge in [0.1, 0.15) is 5.75 Å². The molecule has 0 aliphatic carbocycles. The summed E-state index contributed by atoms with van der Waals surface area (Å²) in [5.74, 6) is 2.81. The van der Waals surface area contributed by atoms with E-state index in [0.29, 0.717) is 18.0 Å². The maximum atomic E-state index is 11.9. The van der Waals surface area contributed by atoms with Gasteiger partial charge in [-0.15, -0.1) is 0 Å². The number of phenols is 1. The molecule has 1 aromatic rings. The minimum absolute atomic E-state index is 0.0887. The van der Waals surface area contributed by atoms with Crippen LogP contribution >= 0.6 is 11.8 Å². The molecule has 4 heteroatoms. The summed E-state index contributed by atoms with van der Waals surface area (Å²) in [6.45, 7) is 2.50. The number of nitrogens with one attached hydrogen (secondary N) is 1. The number of carbonyl (C=O) groups is 1. The van der Waals surface area contributed by atoms with E-state index in [4.69, 9.17) is 0 Å². The first-order valence-electron chi connectivity index (χ1n) is 5.83. The lowest BCUT2D eigenvalue weighted by atomic mass is 10.1.